The van der Waals surface area contributed by atoms with E-state index in [1.165, 1.54) is 5.57 Å². The first-order valence-corrected chi connectivity index (χ1v) is 11.2. The summed E-state index contributed by atoms with van der Waals surface area (Å²) in [6.45, 7) is 3.83. The molecule has 1 amide bonds. The summed E-state index contributed by atoms with van der Waals surface area (Å²) in [6, 6.07) is 0. The van der Waals surface area contributed by atoms with Crippen molar-refractivity contribution in [2.75, 3.05) is 14.1 Å². The molecule has 2 saturated carbocycles. The lowest BCUT2D eigenvalue weighted by Gasteiger charge is -2.19. The second-order valence-corrected chi connectivity index (χ2v) is 9.09. The number of carbonyl (C=O) groups is 1. The minimum absolute atomic E-state index is 0.103. The Bertz CT molecular complexity index is 655. The summed E-state index contributed by atoms with van der Waals surface area (Å²) < 4.78 is 0. The number of aliphatic hydroxyl groups is 2. The zero-order valence-electron chi connectivity index (χ0n) is 18.6. The normalized spacial score (nSPS) is 29.5. The molecule has 0 bridgehead atoms. The number of nitrogens with zero attached hydrogens (tertiary/aromatic N) is 1. The fraction of sp³-hybridized carbons (Fsp3) is 0.720. The Kier molecular flexibility index (Phi) is 9.46. The summed E-state index contributed by atoms with van der Waals surface area (Å²) in [6.07, 6.45) is 12.9. The van der Waals surface area contributed by atoms with Gasteiger partial charge in [-0.25, -0.2) is 0 Å². The van der Waals surface area contributed by atoms with Gasteiger partial charge in [0.1, 0.15) is 0 Å². The number of allylic oxidation sites excluding steroid dienone is 2. The third-order valence-electron chi connectivity index (χ3n) is 6.60. The molecule has 2 aliphatic rings. The predicted molar refractivity (Wildman–Crippen MR) is 118 cm³/mol. The zero-order valence-corrected chi connectivity index (χ0v) is 18.6. The van der Waals surface area contributed by atoms with Crippen LogP contribution < -0.4 is 0 Å². The number of amides is 1. The van der Waals surface area contributed by atoms with Gasteiger partial charge in [0.05, 0.1) is 12.2 Å². The van der Waals surface area contributed by atoms with Crippen molar-refractivity contribution in [2.24, 2.45) is 23.7 Å². The molecule has 0 spiro atoms. The molecule has 2 rings (SSSR count). The van der Waals surface area contributed by atoms with E-state index in [-0.39, 0.29) is 23.8 Å². The van der Waals surface area contributed by atoms with E-state index in [0.29, 0.717) is 24.7 Å². The summed E-state index contributed by atoms with van der Waals surface area (Å²) in [7, 11) is 3.61. The Morgan fingerprint density at radius 1 is 1.31 bits per heavy atom. The molecule has 6 atom stereocenters. The van der Waals surface area contributed by atoms with Gasteiger partial charge in [-0.15, -0.1) is 11.8 Å². The van der Waals surface area contributed by atoms with E-state index in [9.17, 15) is 15.0 Å². The topological polar surface area (TPSA) is 60.8 Å². The van der Waals surface area contributed by atoms with E-state index in [1.807, 2.05) is 19.9 Å². The number of rotatable bonds is 9. The molecule has 29 heavy (non-hydrogen) atoms. The Labute approximate surface area is 177 Å². The van der Waals surface area contributed by atoms with Crippen LogP contribution in [0.5, 0.6) is 0 Å². The summed E-state index contributed by atoms with van der Waals surface area (Å²) in [5.74, 6) is 7.40. The van der Waals surface area contributed by atoms with Crippen molar-refractivity contribution in [1.82, 2.24) is 4.90 Å². The van der Waals surface area contributed by atoms with E-state index >= 15 is 0 Å². The summed E-state index contributed by atoms with van der Waals surface area (Å²) in [5, 5.41) is 20.9. The third kappa shape index (κ3) is 7.01. The van der Waals surface area contributed by atoms with Crippen molar-refractivity contribution in [3.05, 3.63) is 23.8 Å². The van der Waals surface area contributed by atoms with Crippen molar-refractivity contribution in [3.63, 3.8) is 0 Å². The first-order valence-electron chi connectivity index (χ1n) is 11.2. The number of hydrogen-bond donors (Lipinski definition) is 2. The lowest BCUT2D eigenvalue weighted by molar-refractivity contribution is -0.128. The standard InChI is InChI=1S/C25H39NO3/c1-5-6-10-18(2)23(27)14-13-21-22-16-19(15-20(22)17-24(21)28)11-8-7-9-12-25(29)26(3)4/h11,13-14,18,20-24,27-28H,7-10,12,15-17H2,1-4H3/b14-13+,19-11+/t18-,20+,21-,22+,23-,24-/m1/s1. The van der Waals surface area contributed by atoms with Gasteiger partial charge < -0.3 is 15.1 Å². The number of unbranched alkanes of at least 4 members (excludes halogenated alkanes) is 2. The van der Waals surface area contributed by atoms with Gasteiger partial charge in [0, 0.05) is 32.9 Å². The molecule has 0 aromatic rings. The Hall–Kier alpha value is -1.57. The monoisotopic (exact) mass is 401 g/mol. The molecule has 2 fully saturated rings. The number of carbonyl (C=O) groups excluding carboxylic acids is 1. The molecule has 2 aliphatic carbocycles. The lowest BCUT2D eigenvalue weighted by Crippen LogP contribution is -2.20. The van der Waals surface area contributed by atoms with E-state index < -0.39 is 6.10 Å². The first kappa shape index (κ1) is 23.7. The third-order valence-corrected chi connectivity index (χ3v) is 6.60. The molecule has 0 aliphatic heterocycles. The Balaban J connectivity index is 1.82. The second kappa shape index (κ2) is 11.6. The fourth-order valence-electron chi connectivity index (χ4n) is 4.71. The van der Waals surface area contributed by atoms with Crippen molar-refractivity contribution in [1.29, 1.82) is 0 Å². The van der Waals surface area contributed by atoms with Crippen LogP contribution in [-0.2, 0) is 4.79 Å². The molecule has 4 heteroatoms. The van der Waals surface area contributed by atoms with Gasteiger partial charge in [-0.05, 0) is 63.2 Å². The van der Waals surface area contributed by atoms with Gasteiger partial charge in [-0.2, -0.15) is 0 Å². The highest BCUT2D eigenvalue weighted by Gasteiger charge is 2.44. The molecule has 2 N–H and O–H groups in total. The largest absolute Gasteiger partial charge is 0.392 e. The van der Waals surface area contributed by atoms with Gasteiger partial charge in [-0.1, -0.05) is 30.7 Å². The van der Waals surface area contributed by atoms with Crippen molar-refractivity contribution >= 4 is 5.91 Å². The molecule has 0 unspecified atom stereocenters. The van der Waals surface area contributed by atoms with Crippen LogP contribution in [0.1, 0.15) is 65.2 Å². The summed E-state index contributed by atoms with van der Waals surface area (Å²) in [4.78, 5) is 13.3. The highest BCUT2D eigenvalue weighted by atomic mass is 16.3. The van der Waals surface area contributed by atoms with Crippen LogP contribution in [0.25, 0.3) is 0 Å². The Morgan fingerprint density at radius 3 is 2.76 bits per heavy atom. The molecule has 0 heterocycles. The molecule has 0 aromatic carbocycles. The van der Waals surface area contributed by atoms with Crippen molar-refractivity contribution in [3.8, 4) is 11.8 Å². The molecule has 0 saturated heterocycles. The molecular formula is C25H39NO3. The van der Waals surface area contributed by atoms with Gasteiger partial charge in [0.2, 0.25) is 5.91 Å². The minimum Gasteiger partial charge on any atom is -0.392 e. The van der Waals surface area contributed by atoms with E-state index in [2.05, 4.69) is 24.0 Å². The van der Waals surface area contributed by atoms with Crippen LogP contribution in [0.15, 0.2) is 23.8 Å². The van der Waals surface area contributed by atoms with Gasteiger partial charge >= 0.3 is 0 Å². The molecule has 0 radical (unpaired) electrons. The van der Waals surface area contributed by atoms with Gasteiger partial charge in [0.25, 0.3) is 0 Å². The first-order chi connectivity index (χ1) is 13.8. The number of aliphatic hydroxyl groups excluding tert-OH is 2. The molecule has 4 nitrogen and oxygen atoms in total. The average Bonchev–Trinajstić information content (AvgIpc) is 3.19. The molecule has 0 aromatic heterocycles. The van der Waals surface area contributed by atoms with Crippen LogP contribution in [0.4, 0.5) is 0 Å². The van der Waals surface area contributed by atoms with Crippen LogP contribution in [0, 0.1) is 35.5 Å². The van der Waals surface area contributed by atoms with E-state index in [4.69, 9.17) is 0 Å². The maximum Gasteiger partial charge on any atom is 0.222 e. The maximum atomic E-state index is 11.6. The minimum atomic E-state index is -0.511. The lowest BCUT2D eigenvalue weighted by atomic mass is 9.89. The van der Waals surface area contributed by atoms with E-state index in [0.717, 1.165) is 38.5 Å². The van der Waals surface area contributed by atoms with Crippen molar-refractivity contribution < 1.29 is 15.0 Å². The zero-order chi connectivity index (χ0) is 21.4. The fourth-order valence-corrected chi connectivity index (χ4v) is 4.71. The van der Waals surface area contributed by atoms with Crippen LogP contribution in [0.2, 0.25) is 0 Å². The smallest absolute Gasteiger partial charge is 0.222 e. The van der Waals surface area contributed by atoms with Crippen molar-refractivity contribution in [2.45, 2.75) is 77.4 Å². The average molecular weight is 402 g/mol. The van der Waals surface area contributed by atoms with Crippen LogP contribution in [-0.4, -0.2) is 47.3 Å². The Morgan fingerprint density at radius 2 is 2.07 bits per heavy atom. The highest BCUT2D eigenvalue weighted by Crippen LogP contribution is 2.50. The van der Waals surface area contributed by atoms with Gasteiger partial charge in [-0.3, -0.25) is 4.79 Å². The van der Waals surface area contributed by atoms with Crippen LogP contribution in [0.3, 0.4) is 0 Å². The second-order valence-electron chi connectivity index (χ2n) is 9.09. The summed E-state index contributed by atoms with van der Waals surface area (Å²) in [5.41, 5.74) is 1.51. The summed E-state index contributed by atoms with van der Waals surface area (Å²) >= 11 is 0. The number of fused-ring (bicyclic) bond motifs is 1. The molecule has 162 valence electrons. The highest BCUT2D eigenvalue weighted by molar-refractivity contribution is 5.75. The van der Waals surface area contributed by atoms with Crippen LogP contribution >= 0.6 is 0 Å². The maximum absolute atomic E-state index is 11.6. The number of hydrogen-bond acceptors (Lipinski definition) is 3. The van der Waals surface area contributed by atoms with Gasteiger partial charge in [0.15, 0.2) is 0 Å². The van der Waals surface area contributed by atoms with E-state index in [1.54, 1.807) is 19.0 Å². The predicted octanol–water partition coefficient (Wildman–Crippen LogP) is 3.94. The SMILES string of the molecule is CC#CC[C@@H](C)[C@H](O)/C=C/[C@@H]1[C@H]2C/C(=C/CCCCC(=O)N(C)C)C[C@H]2C[C@H]1O. The molecular weight excluding hydrogens is 362 g/mol. The quantitative estimate of drug-likeness (QED) is 0.350.